The number of carbonyl (C=O) groups is 1. The van der Waals surface area contributed by atoms with E-state index >= 15 is 0 Å². The predicted octanol–water partition coefficient (Wildman–Crippen LogP) is 3.60. The van der Waals surface area contributed by atoms with Crippen molar-refractivity contribution in [3.63, 3.8) is 0 Å². The molecule has 0 radical (unpaired) electrons. The zero-order valence-corrected chi connectivity index (χ0v) is 15.8. The Morgan fingerprint density at radius 3 is 2.43 bits per heavy atom. The van der Waals surface area contributed by atoms with Crippen molar-refractivity contribution in [2.75, 3.05) is 20.3 Å². The Morgan fingerprint density at radius 2 is 1.91 bits per heavy atom. The number of ether oxygens (including phenoxy) is 3. The van der Waals surface area contributed by atoms with E-state index in [4.69, 9.17) is 21.1 Å². The number of nitrogens with one attached hydrogen (secondary N) is 1. The Labute approximate surface area is 149 Å². The molecule has 132 valence electrons. The lowest BCUT2D eigenvalue weighted by Crippen LogP contribution is -2.35. The van der Waals surface area contributed by atoms with E-state index in [9.17, 15) is 4.79 Å². The number of hydrogen-bond acceptors (Lipinski definition) is 5. The number of benzene rings is 1. The third kappa shape index (κ3) is 7.77. The first-order chi connectivity index (χ1) is 10.3. The summed E-state index contributed by atoms with van der Waals surface area (Å²) in [7, 11) is 1.30. The van der Waals surface area contributed by atoms with E-state index in [-0.39, 0.29) is 24.6 Å². The molecule has 0 saturated carbocycles. The third-order valence-electron chi connectivity index (χ3n) is 2.75. The summed E-state index contributed by atoms with van der Waals surface area (Å²) < 4.78 is 15.5. The normalized spacial score (nSPS) is 10.7. The molecule has 0 aliphatic heterocycles. The number of rotatable bonds is 7. The lowest BCUT2D eigenvalue weighted by atomic mass is 10.1. The summed E-state index contributed by atoms with van der Waals surface area (Å²) in [5.41, 5.74) is 0.979. The quantitative estimate of drug-likeness (QED) is 0.748. The van der Waals surface area contributed by atoms with Gasteiger partial charge in [0.25, 0.3) is 0 Å². The van der Waals surface area contributed by atoms with E-state index in [1.165, 1.54) is 7.11 Å². The molecule has 0 aliphatic rings. The van der Waals surface area contributed by atoms with Crippen molar-refractivity contribution >= 4 is 30.0 Å². The van der Waals surface area contributed by atoms with Gasteiger partial charge in [0.15, 0.2) is 18.1 Å². The maximum absolute atomic E-state index is 11.2. The summed E-state index contributed by atoms with van der Waals surface area (Å²) in [5.74, 6) is 0.398. The van der Waals surface area contributed by atoms with E-state index in [1.807, 2.05) is 13.0 Å². The molecule has 0 spiro atoms. The van der Waals surface area contributed by atoms with E-state index in [2.05, 4.69) is 30.8 Å². The molecule has 1 aromatic rings. The molecule has 0 heterocycles. The molecule has 1 N–H and O–H groups in total. The Bertz CT molecular complexity index is 516. The van der Waals surface area contributed by atoms with Gasteiger partial charge in [0, 0.05) is 12.1 Å². The number of methoxy groups -OCH3 is 1. The second-order valence-electron chi connectivity index (χ2n) is 5.81. The van der Waals surface area contributed by atoms with Gasteiger partial charge in [-0.25, -0.2) is 4.79 Å². The highest BCUT2D eigenvalue weighted by molar-refractivity contribution is 6.32. The number of hydrogen-bond donors (Lipinski definition) is 1. The molecule has 0 amide bonds. The molecule has 7 heteroatoms. The van der Waals surface area contributed by atoms with Gasteiger partial charge >= 0.3 is 5.97 Å². The number of carbonyl (C=O) groups excluding carboxylic acids is 1. The smallest absolute Gasteiger partial charge is 0.343 e. The van der Waals surface area contributed by atoms with Gasteiger partial charge in [-0.3, -0.25) is 0 Å². The van der Waals surface area contributed by atoms with Crippen LogP contribution in [-0.2, 0) is 16.1 Å². The van der Waals surface area contributed by atoms with E-state index in [1.54, 1.807) is 6.07 Å². The van der Waals surface area contributed by atoms with Gasteiger partial charge in [-0.2, -0.15) is 0 Å². The van der Waals surface area contributed by atoms with Crippen LogP contribution in [0.1, 0.15) is 33.3 Å². The molecule has 1 aromatic carbocycles. The van der Waals surface area contributed by atoms with Crippen LogP contribution in [0.25, 0.3) is 0 Å². The second-order valence-corrected chi connectivity index (χ2v) is 6.21. The van der Waals surface area contributed by atoms with Crippen molar-refractivity contribution in [2.24, 2.45) is 0 Å². The van der Waals surface area contributed by atoms with Gasteiger partial charge < -0.3 is 19.5 Å². The molecular weight excluding hydrogens is 341 g/mol. The highest BCUT2D eigenvalue weighted by atomic mass is 35.5. The van der Waals surface area contributed by atoms with Crippen LogP contribution < -0.4 is 14.8 Å². The molecule has 0 saturated heterocycles. The van der Waals surface area contributed by atoms with Crippen LogP contribution in [0.4, 0.5) is 0 Å². The minimum atomic E-state index is -0.475. The molecule has 0 aliphatic carbocycles. The summed E-state index contributed by atoms with van der Waals surface area (Å²) in [4.78, 5) is 11.2. The van der Waals surface area contributed by atoms with Crippen LogP contribution in [0.5, 0.6) is 11.5 Å². The van der Waals surface area contributed by atoms with E-state index in [0.717, 1.165) is 5.56 Å². The van der Waals surface area contributed by atoms with Crippen molar-refractivity contribution in [1.82, 2.24) is 5.32 Å². The van der Waals surface area contributed by atoms with Gasteiger partial charge in [0.05, 0.1) is 18.7 Å². The zero-order chi connectivity index (χ0) is 16.8. The topological polar surface area (TPSA) is 56.8 Å². The SMILES string of the molecule is CCOc1cc(CNC(C)(C)C)cc(Cl)c1OCC(=O)OC.Cl. The van der Waals surface area contributed by atoms with Crippen molar-refractivity contribution in [3.05, 3.63) is 22.7 Å². The fourth-order valence-electron chi connectivity index (χ4n) is 1.68. The van der Waals surface area contributed by atoms with Crippen LogP contribution in [0.2, 0.25) is 5.02 Å². The van der Waals surface area contributed by atoms with Crippen molar-refractivity contribution in [2.45, 2.75) is 39.8 Å². The Morgan fingerprint density at radius 1 is 1.26 bits per heavy atom. The fraction of sp³-hybridized carbons (Fsp3) is 0.562. The summed E-state index contributed by atoms with van der Waals surface area (Å²) in [6.07, 6.45) is 0. The summed E-state index contributed by atoms with van der Waals surface area (Å²) in [5, 5.41) is 3.79. The Kier molecular flexibility index (Phi) is 9.35. The third-order valence-corrected chi connectivity index (χ3v) is 3.03. The van der Waals surface area contributed by atoms with Crippen LogP contribution in [0.3, 0.4) is 0 Å². The minimum Gasteiger partial charge on any atom is -0.490 e. The maximum Gasteiger partial charge on any atom is 0.343 e. The molecule has 0 fully saturated rings. The first kappa shape index (κ1) is 21.8. The first-order valence-electron chi connectivity index (χ1n) is 7.16. The predicted molar refractivity (Wildman–Crippen MR) is 94.0 cm³/mol. The van der Waals surface area contributed by atoms with Gasteiger partial charge in [0.1, 0.15) is 0 Å². The molecule has 0 bridgehead atoms. The van der Waals surface area contributed by atoms with Gasteiger partial charge in [-0.1, -0.05) is 11.6 Å². The number of esters is 1. The van der Waals surface area contributed by atoms with Crippen molar-refractivity contribution < 1.29 is 19.0 Å². The van der Waals surface area contributed by atoms with Crippen LogP contribution in [0.15, 0.2) is 12.1 Å². The maximum atomic E-state index is 11.2. The standard InChI is InChI=1S/C16H24ClNO4.ClH/c1-6-21-13-8-11(9-18-16(2,3)4)7-12(17)15(13)22-10-14(19)20-5;/h7-8,18H,6,9-10H2,1-5H3;1H. The highest BCUT2D eigenvalue weighted by Gasteiger charge is 2.16. The summed E-state index contributed by atoms with van der Waals surface area (Å²) in [6, 6.07) is 3.66. The molecule has 0 aromatic heterocycles. The van der Waals surface area contributed by atoms with Gasteiger partial charge in [-0.15, -0.1) is 12.4 Å². The number of halogens is 2. The molecule has 0 atom stereocenters. The summed E-state index contributed by atoms with van der Waals surface area (Å²) >= 11 is 6.26. The highest BCUT2D eigenvalue weighted by Crippen LogP contribution is 2.36. The zero-order valence-electron chi connectivity index (χ0n) is 14.2. The Hall–Kier alpha value is -1.17. The summed E-state index contributed by atoms with van der Waals surface area (Å²) in [6.45, 7) is 9.05. The molecule has 23 heavy (non-hydrogen) atoms. The molecule has 0 unspecified atom stereocenters. The lowest BCUT2D eigenvalue weighted by Gasteiger charge is -2.21. The van der Waals surface area contributed by atoms with E-state index in [0.29, 0.717) is 29.7 Å². The van der Waals surface area contributed by atoms with Crippen LogP contribution in [0, 0.1) is 0 Å². The fourth-order valence-corrected chi connectivity index (χ4v) is 1.97. The van der Waals surface area contributed by atoms with Crippen molar-refractivity contribution in [3.8, 4) is 11.5 Å². The largest absolute Gasteiger partial charge is 0.490 e. The molecular formula is C16H25Cl2NO4. The van der Waals surface area contributed by atoms with Crippen LogP contribution in [-0.4, -0.2) is 31.8 Å². The average Bonchev–Trinajstić information content (AvgIpc) is 2.43. The van der Waals surface area contributed by atoms with Crippen molar-refractivity contribution in [1.29, 1.82) is 0 Å². The molecule has 5 nitrogen and oxygen atoms in total. The van der Waals surface area contributed by atoms with Crippen LogP contribution >= 0.6 is 24.0 Å². The van der Waals surface area contributed by atoms with Gasteiger partial charge in [-0.05, 0) is 45.4 Å². The van der Waals surface area contributed by atoms with Gasteiger partial charge in [0.2, 0.25) is 0 Å². The first-order valence-corrected chi connectivity index (χ1v) is 7.54. The minimum absolute atomic E-state index is 0. The Balaban J connectivity index is 0.00000484. The lowest BCUT2D eigenvalue weighted by molar-refractivity contribution is -0.142. The second kappa shape index (κ2) is 9.85. The molecule has 1 rings (SSSR count). The van der Waals surface area contributed by atoms with E-state index < -0.39 is 5.97 Å². The average molecular weight is 366 g/mol. The monoisotopic (exact) mass is 365 g/mol.